The predicted octanol–water partition coefficient (Wildman–Crippen LogP) is 1.94. The molecule has 0 aromatic heterocycles. The Morgan fingerprint density at radius 1 is 1.38 bits per heavy atom. The Kier molecular flexibility index (Phi) is 3.10. The zero-order chi connectivity index (χ0) is 11.7. The van der Waals surface area contributed by atoms with Gasteiger partial charge in [0.15, 0.2) is 5.96 Å². The smallest absolute Gasteiger partial charge is 0.187 e. The van der Waals surface area contributed by atoms with Crippen molar-refractivity contribution in [1.82, 2.24) is 0 Å². The van der Waals surface area contributed by atoms with Gasteiger partial charge < -0.3 is 11.5 Å². The van der Waals surface area contributed by atoms with E-state index in [4.69, 9.17) is 11.5 Å². The van der Waals surface area contributed by atoms with Crippen molar-refractivity contribution in [3.05, 3.63) is 28.8 Å². The minimum atomic E-state index is 0.179. The lowest BCUT2D eigenvalue weighted by Gasteiger charge is -2.23. The number of rotatable bonds is 1. The van der Waals surface area contributed by atoms with E-state index in [1.165, 1.54) is 21.6 Å². The van der Waals surface area contributed by atoms with Gasteiger partial charge in [0.05, 0.1) is 0 Å². The average molecular weight is 235 g/mol. The van der Waals surface area contributed by atoms with Crippen LogP contribution in [0.3, 0.4) is 0 Å². The minimum Gasteiger partial charge on any atom is -0.370 e. The number of fused-ring (bicyclic) bond motifs is 1. The van der Waals surface area contributed by atoms with Gasteiger partial charge in [-0.2, -0.15) is 0 Å². The molecule has 4 N–H and O–H groups in total. The summed E-state index contributed by atoms with van der Waals surface area (Å²) in [7, 11) is 0. The molecule has 1 unspecified atom stereocenters. The van der Waals surface area contributed by atoms with Gasteiger partial charge >= 0.3 is 0 Å². The lowest BCUT2D eigenvalue weighted by molar-refractivity contribution is 0.752. The van der Waals surface area contributed by atoms with Crippen molar-refractivity contribution in [3.63, 3.8) is 0 Å². The van der Waals surface area contributed by atoms with Crippen LogP contribution in [0.5, 0.6) is 0 Å². The first-order valence-corrected chi connectivity index (χ1v) is 6.30. The molecule has 0 saturated carbocycles. The van der Waals surface area contributed by atoms with E-state index in [9.17, 15) is 0 Å². The molecule has 0 saturated heterocycles. The van der Waals surface area contributed by atoms with Gasteiger partial charge in [0, 0.05) is 4.90 Å². The fourth-order valence-electron chi connectivity index (χ4n) is 2.11. The molecule has 1 atom stereocenters. The number of benzene rings is 1. The van der Waals surface area contributed by atoms with Crippen LogP contribution in [0.1, 0.15) is 23.1 Å². The summed E-state index contributed by atoms with van der Waals surface area (Å²) in [5.74, 6) is 0.185. The molecule has 0 fully saturated rings. The van der Waals surface area contributed by atoms with Crippen molar-refractivity contribution < 1.29 is 0 Å². The van der Waals surface area contributed by atoms with Gasteiger partial charge in [-0.1, -0.05) is 17.8 Å². The van der Waals surface area contributed by atoms with Crippen LogP contribution in [0.4, 0.5) is 0 Å². The summed E-state index contributed by atoms with van der Waals surface area (Å²) in [6.07, 6.45) is 2.08. The summed E-state index contributed by atoms with van der Waals surface area (Å²) in [5.41, 5.74) is 15.0. The Labute approximate surface area is 100 Å². The first-order chi connectivity index (χ1) is 7.56. The lowest BCUT2D eigenvalue weighted by Crippen LogP contribution is -2.25. The number of aryl methyl sites for hydroxylation is 2. The molecule has 3 nitrogen and oxygen atoms in total. The van der Waals surface area contributed by atoms with Crippen LogP contribution >= 0.6 is 11.8 Å². The van der Waals surface area contributed by atoms with E-state index < -0.39 is 0 Å². The molecule has 0 aliphatic carbocycles. The molecule has 0 radical (unpaired) electrons. The molecule has 1 aromatic carbocycles. The maximum atomic E-state index is 5.42. The van der Waals surface area contributed by atoms with E-state index in [1.54, 1.807) is 11.8 Å². The predicted molar refractivity (Wildman–Crippen MR) is 69.7 cm³/mol. The quantitative estimate of drug-likeness (QED) is 0.577. The van der Waals surface area contributed by atoms with Crippen LogP contribution in [0.25, 0.3) is 0 Å². The number of nitrogens with zero attached hydrogens (tertiary/aromatic N) is 1. The molecule has 1 aromatic rings. The standard InChI is InChI=1S/C12H17N3S/c1-7-5-8(2)9-3-4-11(15-12(13)14)16-10(9)6-7/h5-6,11H,3-4H2,1-2H3,(H4,13,14,15). The van der Waals surface area contributed by atoms with Crippen LogP contribution in [0.15, 0.2) is 22.0 Å². The van der Waals surface area contributed by atoms with E-state index >= 15 is 0 Å². The highest BCUT2D eigenvalue weighted by atomic mass is 32.2. The van der Waals surface area contributed by atoms with Crippen LogP contribution < -0.4 is 11.5 Å². The van der Waals surface area contributed by atoms with Crippen LogP contribution in [0, 0.1) is 13.8 Å². The topological polar surface area (TPSA) is 64.4 Å². The second kappa shape index (κ2) is 4.37. The number of thioether (sulfide) groups is 1. The summed E-state index contributed by atoms with van der Waals surface area (Å²) in [5, 5.41) is 0.179. The van der Waals surface area contributed by atoms with Gasteiger partial charge in [-0.3, -0.25) is 0 Å². The number of aliphatic imine (C=N–C) groups is 1. The molecular formula is C12H17N3S. The normalized spacial score (nSPS) is 19.0. The summed E-state index contributed by atoms with van der Waals surface area (Å²) < 4.78 is 0. The van der Waals surface area contributed by atoms with Gasteiger partial charge in [0.25, 0.3) is 0 Å². The third-order valence-electron chi connectivity index (χ3n) is 2.77. The van der Waals surface area contributed by atoms with Crippen LogP contribution in [-0.2, 0) is 6.42 Å². The summed E-state index contributed by atoms with van der Waals surface area (Å²) in [6, 6.07) is 4.46. The van der Waals surface area contributed by atoms with Crippen molar-refractivity contribution in [2.75, 3.05) is 0 Å². The van der Waals surface area contributed by atoms with Crippen molar-refractivity contribution in [2.24, 2.45) is 16.5 Å². The second-order valence-electron chi connectivity index (χ2n) is 4.22. The van der Waals surface area contributed by atoms with Crippen LogP contribution in [0.2, 0.25) is 0 Å². The van der Waals surface area contributed by atoms with E-state index in [-0.39, 0.29) is 11.3 Å². The molecular weight excluding hydrogens is 218 g/mol. The fraction of sp³-hybridized carbons (Fsp3) is 0.417. The van der Waals surface area contributed by atoms with Crippen LogP contribution in [-0.4, -0.2) is 11.3 Å². The molecule has 0 amide bonds. The minimum absolute atomic E-state index is 0.179. The highest BCUT2D eigenvalue weighted by molar-refractivity contribution is 8.00. The summed E-state index contributed by atoms with van der Waals surface area (Å²) >= 11 is 1.77. The molecule has 0 spiro atoms. The summed E-state index contributed by atoms with van der Waals surface area (Å²) in [4.78, 5) is 5.56. The van der Waals surface area contributed by atoms with Gasteiger partial charge in [-0.05, 0) is 49.4 Å². The third kappa shape index (κ3) is 2.32. The largest absolute Gasteiger partial charge is 0.370 e. The maximum Gasteiger partial charge on any atom is 0.187 e. The Hall–Kier alpha value is -1.16. The SMILES string of the molecule is Cc1cc(C)c2c(c1)SC(N=C(N)N)CC2. The first-order valence-electron chi connectivity index (χ1n) is 5.42. The van der Waals surface area contributed by atoms with E-state index in [0.717, 1.165) is 12.8 Å². The first kappa shape index (κ1) is 11.3. The molecule has 1 aliphatic heterocycles. The zero-order valence-electron chi connectivity index (χ0n) is 9.66. The van der Waals surface area contributed by atoms with Gasteiger partial charge in [-0.15, -0.1) is 0 Å². The average Bonchev–Trinajstić information content (AvgIpc) is 2.15. The monoisotopic (exact) mass is 235 g/mol. The van der Waals surface area contributed by atoms with Crippen molar-refractivity contribution in [2.45, 2.75) is 37.0 Å². The second-order valence-corrected chi connectivity index (χ2v) is 5.44. The zero-order valence-corrected chi connectivity index (χ0v) is 10.5. The Morgan fingerprint density at radius 3 is 2.81 bits per heavy atom. The lowest BCUT2D eigenvalue weighted by atomic mass is 10.0. The molecule has 1 heterocycles. The molecule has 1 aliphatic rings. The van der Waals surface area contributed by atoms with E-state index in [0.29, 0.717) is 0 Å². The van der Waals surface area contributed by atoms with Gasteiger partial charge in [0.2, 0.25) is 0 Å². The van der Waals surface area contributed by atoms with Crippen molar-refractivity contribution in [1.29, 1.82) is 0 Å². The Morgan fingerprint density at radius 2 is 2.12 bits per heavy atom. The Balaban J connectivity index is 2.30. The number of guanidine groups is 1. The highest BCUT2D eigenvalue weighted by Crippen LogP contribution is 2.37. The molecule has 2 rings (SSSR count). The molecule has 86 valence electrons. The van der Waals surface area contributed by atoms with Gasteiger partial charge in [-0.25, -0.2) is 4.99 Å². The van der Waals surface area contributed by atoms with Crippen molar-refractivity contribution in [3.8, 4) is 0 Å². The van der Waals surface area contributed by atoms with Crippen molar-refractivity contribution >= 4 is 17.7 Å². The van der Waals surface area contributed by atoms with Gasteiger partial charge in [0.1, 0.15) is 5.37 Å². The number of hydrogen-bond acceptors (Lipinski definition) is 2. The molecule has 0 bridgehead atoms. The maximum absolute atomic E-state index is 5.42. The number of nitrogens with two attached hydrogens (primary N) is 2. The fourth-order valence-corrected chi connectivity index (χ4v) is 3.48. The Bertz CT molecular complexity index is 436. The molecule has 16 heavy (non-hydrogen) atoms. The third-order valence-corrected chi connectivity index (χ3v) is 4.01. The van der Waals surface area contributed by atoms with E-state index in [2.05, 4.69) is 31.0 Å². The highest BCUT2D eigenvalue weighted by Gasteiger charge is 2.20. The number of hydrogen-bond donors (Lipinski definition) is 2. The summed E-state index contributed by atoms with van der Waals surface area (Å²) in [6.45, 7) is 4.30. The molecule has 4 heteroatoms. The van der Waals surface area contributed by atoms with E-state index in [1.807, 2.05) is 0 Å².